The summed E-state index contributed by atoms with van der Waals surface area (Å²) >= 11 is 6.32. The van der Waals surface area contributed by atoms with E-state index in [1.807, 2.05) is 36.4 Å². The molecule has 1 amide bonds. The highest BCUT2D eigenvalue weighted by Crippen LogP contribution is 2.35. The Morgan fingerprint density at radius 1 is 0.907 bits per heavy atom. The average molecular weight is 1080 g/mol. The van der Waals surface area contributed by atoms with E-state index in [4.69, 9.17) is 40.3 Å². The maximum absolute atomic E-state index is 13.7. The number of carbonyl (C=O) groups excluding carboxylic acids is 1. The fourth-order valence-corrected chi connectivity index (χ4v) is 10.4. The molecule has 0 radical (unpaired) electrons. The van der Waals surface area contributed by atoms with Gasteiger partial charge in [-0.05, 0) is 106 Å². The maximum atomic E-state index is 13.7. The van der Waals surface area contributed by atoms with Crippen molar-refractivity contribution in [2.45, 2.75) is 64.3 Å². The van der Waals surface area contributed by atoms with Crippen molar-refractivity contribution >= 4 is 77.1 Å². The summed E-state index contributed by atoms with van der Waals surface area (Å²) in [5, 5.41) is 16.2. The van der Waals surface area contributed by atoms with Crippen LogP contribution in [0.15, 0.2) is 79.1 Å². The average Bonchev–Trinajstić information content (AvgIpc) is 3.74. The number of nitrogens with one attached hydrogen (secondary N) is 4. The van der Waals surface area contributed by atoms with Crippen molar-refractivity contribution in [1.82, 2.24) is 24.8 Å². The monoisotopic (exact) mass is 1080 g/mol. The first kappa shape index (κ1) is 56.6. The van der Waals surface area contributed by atoms with Crippen LogP contribution in [0, 0.1) is 11.8 Å². The molecule has 1 saturated heterocycles. The van der Waals surface area contributed by atoms with Crippen LogP contribution in [0.5, 0.6) is 11.5 Å². The zero-order valence-electron chi connectivity index (χ0n) is 42.6. The predicted molar refractivity (Wildman–Crippen MR) is 289 cm³/mol. The van der Waals surface area contributed by atoms with Gasteiger partial charge in [0.25, 0.3) is 5.91 Å². The van der Waals surface area contributed by atoms with Crippen molar-refractivity contribution in [3.05, 3.63) is 89.8 Å². The Morgan fingerprint density at radius 3 is 2.44 bits per heavy atom. The van der Waals surface area contributed by atoms with Gasteiger partial charge < -0.3 is 54.4 Å². The number of pyridine rings is 2. The topological polar surface area (TPSA) is 179 Å². The molecule has 0 bridgehead atoms. The van der Waals surface area contributed by atoms with E-state index in [0.29, 0.717) is 85.5 Å². The minimum absolute atomic E-state index is 0.0642. The minimum Gasteiger partial charge on any atom is -0.497 e. The standard InChI is InChI=1S/C54H66ClF3N8O8S/c1-4-65(20-7-8-38(2)62-53-45-14-12-39(55)30-50(45)64-49-15-13-43(70-3)33-47(49)53)21-23-72-25-27-73-26-24-71-22-19-61-52(67)36-74-44-31-41(34-59-35-44)60-18-6-9-42-32-46-48(63-40-16-28-75(68,69)29-17-40)10-5-11-51(46)66(42)37-54(56,57)58/h5,10-15,30-35,38,40,60,63H,4,7-8,16-29,36-37H2,1-3H3,(H,61,67)(H,62,64)/t38-/m0/s1. The number of methoxy groups -OCH3 is 1. The molecule has 3 aromatic carbocycles. The van der Waals surface area contributed by atoms with Crippen molar-refractivity contribution in [2.24, 2.45) is 0 Å². The first-order valence-corrected chi connectivity index (χ1v) is 27.4. The number of hydrogen-bond donors (Lipinski definition) is 4. The summed E-state index contributed by atoms with van der Waals surface area (Å²) in [5.74, 6) is 6.66. The van der Waals surface area contributed by atoms with Crippen molar-refractivity contribution in [2.75, 3.05) is 114 Å². The molecule has 0 spiro atoms. The summed E-state index contributed by atoms with van der Waals surface area (Å²) in [7, 11) is -1.41. The minimum atomic E-state index is -4.49. The van der Waals surface area contributed by atoms with E-state index in [2.05, 4.69) is 56.8 Å². The van der Waals surface area contributed by atoms with Crippen molar-refractivity contribution in [3.8, 4) is 23.3 Å². The van der Waals surface area contributed by atoms with Gasteiger partial charge in [-0.15, -0.1) is 0 Å². The molecule has 0 aliphatic carbocycles. The van der Waals surface area contributed by atoms with E-state index in [9.17, 15) is 26.4 Å². The molecule has 7 rings (SSSR count). The quantitative estimate of drug-likeness (QED) is 0.0209. The molecule has 404 valence electrons. The first-order chi connectivity index (χ1) is 36.2. The highest BCUT2D eigenvalue weighted by molar-refractivity contribution is 7.91. The van der Waals surface area contributed by atoms with Crippen LogP contribution in [0.25, 0.3) is 32.7 Å². The molecule has 1 aliphatic heterocycles. The summed E-state index contributed by atoms with van der Waals surface area (Å²) in [5.41, 5.74) is 4.45. The number of amides is 1. The summed E-state index contributed by atoms with van der Waals surface area (Å²) in [6.07, 6.45) is 1.34. The SMILES string of the molecule is CCN(CCC[C@H](C)Nc1c2ccc(Cl)cc2nc2ccc(OC)cc12)CCOCCOCCOCCNC(=O)COc1cncc(NCC#Cc2cc3c(NC4CCS(=O)(=O)CC4)cccc3n2CC(F)(F)F)c1. The van der Waals surface area contributed by atoms with E-state index in [0.717, 1.165) is 70.3 Å². The van der Waals surface area contributed by atoms with Gasteiger partial charge in [-0.25, -0.2) is 13.4 Å². The third-order valence-corrected chi connectivity index (χ3v) is 14.6. The second-order valence-electron chi connectivity index (χ2n) is 18.2. The molecule has 0 unspecified atom stereocenters. The van der Waals surface area contributed by atoms with E-state index in [-0.39, 0.29) is 54.9 Å². The second kappa shape index (κ2) is 27.6. The number of likely N-dealkylation sites (N-methyl/N-ethyl adjacent to an activating group) is 1. The molecule has 1 atom stereocenters. The number of aromatic nitrogens is 3. The predicted octanol–water partition coefficient (Wildman–Crippen LogP) is 8.56. The van der Waals surface area contributed by atoms with Crippen LogP contribution in [-0.4, -0.2) is 150 Å². The number of fused-ring (bicyclic) bond motifs is 3. The Morgan fingerprint density at radius 2 is 1.68 bits per heavy atom. The van der Waals surface area contributed by atoms with Gasteiger partial charge in [-0.2, -0.15) is 13.2 Å². The van der Waals surface area contributed by atoms with Gasteiger partial charge in [0, 0.05) is 58.1 Å². The van der Waals surface area contributed by atoms with Gasteiger partial charge in [0.15, 0.2) is 6.61 Å². The smallest absolute Gasteiger partial charge is 0.406 e. The number of benzene rings is 3. The summed E-state index contributed by atoms with van der Waals surface area (Å²) in [6, 6.07) is 20.1. The number of halogens is 4. The largest absolute Gasteiger partial charge is 0.497 e. The number of sulfone groups is 1. The molecule has 16 nitrogen and oxygen atoms in total. The van der Waals surface area contributed by atoms with Gasteiger partial charge in [0.1, 0.15) is 27.9 Å². The molecular formula is C54H66ClF3N8O8S. The highest BCUT2D eigenvalue weighted by Gasteiger charge is 2.30. The fourth-order valence-electron chi connectivity index (χ4n) is 8.74. The Balaban J connectivity index is 0.725. The molecule has 4 heterocycles. The Bertz CT molecular complexity index is 3010. The normalized spacial score (nSPS) is 14.2. The van der Waals surface area contributed by atoms with Gasteiger partial charge in [0.05, 0.1) is 111 Å². The van der Waals surface area contributed by atoms with Gasteiger partial charge in [-0.3, -0.25) is 9.78 Å². The number of anilines is 3. The molecular weight excluding hydrogens is 1010 g/mol. The number of carbonyl (C=O) groups is 1. The van der Waals surface area contributed by atoms with E-state index < -0.39 is 22.6 Å². The van der Waals surface area contributed by atoms with Crippen LogP contribution in [0.3, 0.4) is 0 Å². The molecule has 0 saturated carbocycles. The number of nitrogens with zero attached hydrogens (tertiary/aromatic N) is 4. The number of alkyl halides is 3. The highest BCUT2D eigenvalue weighted by atomic mass is 35.5. The van der Waals surface area contributed by atoms with Crippen LogP contribution in [-0.2, 0) is 35.4 Å². The summed E-state index contributed by atoms with van der Waals surface area (Å²) < 4.78 is 94.3. The summed E-state index contributed by atoms with van der Waals surface area (Å²) in [4.78, 5) is 23.8. The lowest BCUT2D eigenvalue weighted by atomic mass is 10.1. The van der Waals surface area contributed by atoms with Crippen LogP contribution in [0.4, 0.5) is 30.2 Å². The molecule has 21 heteroatoms. The van der Waals surface area contributed by atoms with Gasteiger partial charge in [-0.1, -0.05) is 30.5 Å². The number of hydrogen-bond acceptors (Lipinski definition) is 14. The van der Waals surface area contributed by atoms with Crippen molar-refractivity contribution in [1.29, 1.82) is 0 Å². The Labute approximate surface area is 441 Å². The van der Waals surface area contributed by atoms with Crippen LogP contribution in [0.2, 0.25) is 5.02 Å². The number of rotatable bonds is 28. The van der Waals surface area contributed by atoms with Crippen LogP contribution >= 0.6 is 11.6 Å². The molecule has 4 N–H and O–H groups in total. The van der Waals surface area contributed by atoms with Gasteiger partial charge >= 0.3 is 6.18 Å². The van der Waals surface area contributed by atoms with E-state index >= 15 is 0 Å². The fraction of sp³-hybridized carbons (Fsp3) is 0.463. The molecule has 1 aliphatic rings. The molecule has 6 aromatic rings. The molecule has 3 aromatic heterocycles. The third-order valence-electron chi connectivity index (χ3n) is 12.6. The Kier molecular flexibility index (Phi) is 20.9. The second-order valence-corrected chi connectivity index (χ2v) is 21.0. The lowest BCUT2D eigenvalue weighted by Crippen LogP contribution is -2.32. The Hall–Kier alpha value is -6.08. The van der Waals surface area contributed by atoms with Crippen molar-refractivity contribution < 1.29 is 50.1 Å². The number of ether oxygens (including phenoxy) is 5. The summed E-state index contributed by atoms with van der Waals surface area (Å²) in [6.45, 7) is 8.53. The third kappa shape index (κ3) is 17.5. The maximum Gasteiger partial charge on any atom is 0.406 e. The van der Waals surface area contributed by atoms with Gasteiger partial charge in [0.2, 0.25) is 0 Å². The first-order valence-electron chi connectivity index (χ1n) is 25.2. The molecule has 1 fully saturated rings. The van der Waals surface area contributed by atoms with E-state index in [1.54, 1.807) is 37.4 Å². The molecule has 75 heavy (non-hydrogen) atoms. The zero-order chi connectivity index (χ0) is 53.2. The zero-order valence-corrected chi connectivity index (χ0v) is 44.1. The lowest BCUT2D eigenvalue weighted by Gasteiger charge is -2.24. The lowest BCUT2D eigenvalue weighted by molar-refractivity contribution is -0.140. The van der Waals surface area contributed by atoms with Crippen molar-refractivity contribution in [3.63, 3.8) is 0 Å². The van der Waals surface area contributed by atoms with E-state index in [1.165, 1.54) is 12.4 Å². The van der Waals surface area contributed by atoms with Crippen LogP contribution in [0.1, 0.15) is 45.2 Å². The van der Waals surface area contributed by atoms with Crippen LogP contribution < -0.4 is 30.7 Å².